The molecule has 2 rings (SSSR count). The van der Waals surface area contributed by atoms with Crippen LogP contribution in [-0.2, 0) is 6.42 Å². The summed E-state index contributed by atoms with van der Waals surface area (Å²) in [5, 5.41) is 3.39. The number of ether oxygens (including phenoxy) is 1. The monoisotopic (exact) mass is 255 g/mol. The van der Waals surface area contributed by atoms with E-state index in [-0.39, 0.29) is 6.04 Å². The average molecular weight is 255 g/mol. The Bertz CT molecular complexity index is 496. The van der Waals surface area contributed by atoms with E-state index in [9.17, 15) is 0 Å². The molecule has 0 radical (unpaired) electrons. The number of benzene rings is 2. The highest BCUT2D eigenvalue weighted by atomic mass is 16.5. The van der Waals surface area contributed by atoms with E-state index in [4.69, 9.17) is 4.74 Å². The lowest BCUT2D eigenvalue weighted by atomic mass is 9.98. The molecule has 0 saturated heterocycles. The van der Waals surface area contributed by atoms with Gasteiger partial charge < -0.3 is 10.1 Å². The molecule has 1 unspecified atom stereocenters. The van der Waals surface area contributed by atoms with Crippen LogP contribution in [0.2, 0.25) is 0 Å². The number of hydrogen-bond acceptors (Lipinski definition) is 2. The highest BCUT2D eigenvalue weighted by Gasteiger charge is 2.14. The number of nitrogens with one attached hydrogen (secondary N) is 1. The molecule has 2 aromatic carbocycles. The van der Waals surface area contributed by atoms with Crippen LogP contribution in [0.5, 0.6) is 5.75 Å². The molecular formula is C17H21NO. The van der Waals surface area contributed by atoms with Crippen molar-refractivity contribution in [2.75, 3.05) is 13.7 Å². The molecule has 2 aromatic rings. The van der Waals surface area contributed by atoms with Gasteiger partial charge in [0.25, 0.3) is 0 Å². The molecule has 1 N–H and O–H groups in total. The summed E-state index contributed by atoms with van der Waals surface area (Å²) in [7, 11) is 2.00. The fourth-order valence-corrected chi connectivity index (χ4v) is 2.27. The van der Waals surface area contributed by atoms with E-state index < -0.39 is 0 Å². The molecule has 0 aliphatic rings. The van der Waals surface area contributed by atoms with Crippen molar-refractivity contribution in [1.29, 1.82) is 0 Å². The van der Waals surface area contributed by atoms with Crippen molar-refractivity contribution in [2.24, 2.45) is 0 Å². The van der Waals surface area contributed by atoms with Crippen LogP contribution in [-0.4, -0.2) is 13.7 Å². The Kier molecular flexibility index (Phi) is 4.99. The molecule has 0 aliphatic heterocycles. The van der Waals surface area contributed by atoms with E-state index >= 15 is 0 Å². The molecule has 1 atom stereocenters. The lowest BCUT2D eigenvalue weighted by molar-refractivity contribution is 0.332. The summed E-state index contributed by atoms with van der Waals surface area (Å²) in [5.74, 6) is 0.972. The van der Waals surface area contributed by atoms with Crippen molar-refractivity contribution in [3.8, 4) is 5.75 Å². The summed E-state index contributed by atoms with van der Waals surface area (Å²) in [5.41, 5.74) is 2.55. The predicted molar refractivity (Wildman–Crippen MR) is 79.6 cm³/mol. The summed E-state index contributed by atoms with van der Waals surface area (Å²) in [6.07, 6.45) is 0.960. The Hall–Kier alpha value is -1.80. The molecule has 0 spiro atoms. The third-order valence-electron chi connectivity index (χ3n) is 3.23. The van der Waals surface area contributed by atoms with E-state index in [0.717, 1.165) is 12.2 Å². The fraction of sp³-hybridized carbons (Fsp3) is 0.294. The van der Waals surface area contributed by atoms with Crippen LogP contribution < -0.4 is 10.1 Å². The molecule has 0 aromatic heterocycles. The lowest BCUT2D eigenvalue weighted by Gasteiger charge is -2.20. The molecule has 0 saturated carbocycles. The van der Waals surface area contributed by atoms with Gasteiger partial charge in [0, 0.05) is 11.6 Å². The Labute approximate surface area is 115 Å². The maximum absolute atomic E-state index is 5.72. The van der Waals surface area contributed by atoms with Crippen LogP contribution in [0.15, 0.2) is 54.6 Å². The van der Waals surface area contributed by atoms with Crippen LogP contribution in [0.25, 0.3) is 0 Å². The predicted octanol–water partition coefficient (Wildman–Crippen LogP) is 3.59. The highest BCUT2D eigenvalue weighted by molar-refractivity contribution is 5.37. The molecule has 0 bridgehead atoms. The number of rotatable bonds is 6. The number of likely N-dealkylation sites (N-methyl/N-ethyl adjacent to an activating group) is 1. The zero-order chi connectivity index (χ0) is 13.5. The standard InChI is InChI=1S/C17H21NO/c1-3-19-17-12-8-7-11-15(17)16(18-2)13-14-9-5-4-6-10-14/h4-12,16,18H,3,13H2,1-2H3. The zero-order valence-electron chi connectivity index (χ0n) is 11.6. The number of para-hydroxylation sites is 1. The SMILES string of the molecule is CCOc1ccccc1C(Cc1ccccc1)NC. The maximum atomic E-state index is 5.72. The van der Waals surface area contributed by atoms with Gasteiger partial charge in [-0.1, -0.05) is 48.5 Å². The molecule has 2 nitrogen and oxygen atoms in total. The second-order valence-corrected chi connectivity index (χ2v) is 4.50. The summed E-state index contributed by atoms with van der Waals surface area (Å²) in [4.78, 5) is 0. The van der Waals surface area contributed by atoms with Gasteiger partial charge >= 0.3 is 0 Å². The van der Waals surface area contributed by atoms with Gasteiger partial charge in [0.05, 0.1) is 6.61 Å². The third kappa shape index (κ3) is 3.58. The fourth-order valence-electron chi connectivity index (χ4n) is 2.27. The molecule has 19 heavy (non-hydrogen) atoms. The summed E-state index contributed by atoms with van der Waals surface area (Å²) < 4.78 is 5.72. The van der Waals surface area contributed by atoms with Gasteiger partial charge in [0.1, 0.15) is 5.75 Å². The third-order valence-corrected chi connectivity index (χ3v) is 3.23. The van der Waals surface area contributed by atoms with Crippen LogP contribution in [0.3, 0.4) is 0 Å². The molecule has 0 heterocycles. The Morgan fingerprint density at radius 3 is 2.37 bits per heavy atom. The normalized spacial score (nSPS) is 12.1. The molecule has 2 heteroatoms. The molecule has 0 fully saturated rings. The Balaban J connectivity index is 2.22. The van der Waals surface area contributed by atoms with Gasteiger partial charge in [0.2, 0.25) is 0 Å². The van der Waals surface area contributed by atoms with Crippen LogP contribution in [0.4, 0.5) is 0 Å². The second kappa shape index (κ2) is 6.95. The van der Waals surface area contributed by atoms with Crippen molar-refractivity contribution in [2.45, 2.75) is 19.4 Å². The number of hydrogen-bond donors (Lipinski definition) is 1. The minimum Gasteiger partial charge on any atom is -0.494 e. The van der Waals surface area contributed by atoms with Gasteiger partial charge in [-0.05, 0) is 32.0 Å². The van der Waals surface area contributed by atoms with Crippen LogP contribution >= 0.6 is 0 Å². The molecule has 100 valence electrons. The highest BCUT2D eigenvalue weighted by Crippen LogP contribution is 2.27. The largest absolute Gasteiger partial charge is 0.494 e. The minimum atomic E-state index is 0.269. The quantitative estimate of drug-likeness (QED) is 0.851. The van der Waals surface area contributed by atoms with Crippen molar-refractivity contribution < 1.29 is 4.74 Å². The van der Waals surface area contributed by atoms with Crippen LogP contribution in [0.1, 0.15) is 24.1 Å². The van der Waals surface area contributed by atoms with E-state index in [2.05, 4.69) is 41.7 Å². The van der Waals surface area contributed by atoms with E-state index in [0.29, 0.717) is 6.61 Å². The van der Waals surface area contributed by atoms with Crippen molar-refractivity contribution in [3.63, 3.8) is 0 Å². The molecular weight excluding hydrogens is 234 g/mol. The summed E-state index contributed by atoms with van der Waals surface area (Å²) in [6, 6.07) is 19.0. The molecule has 0 amide bonds. The Morgan fingerprint density at radius 2 is 1.68 bits per heavy atom. The van der Waals surface area contributed by atoms with E-state index in [1.54, 1.807) is 0 Å². The van der Waals surface area contributed by atoms with Gasteiger partial charge in [0.15, 0.2) is 0 Å². The van der Waals surface area contributed by atoms with Gasteiger partial charge in [-0.3, -0.25) is 0 Å². The maximum Gasteiger partial charge on any atom is 0.124 e. The lowest BCUT2D eigenvalue weighted by Crippen LogP contribution is -2.19. The zero-order valence-corrected chi connectivity index (χ0v) is 11.6. The molecule has 0 aliphatic carbocycles. The average Bonchev–Trinajstić information content (AvgIpc) is 2.47. The van der Waals surface area contributed by atoms with Gasteiger partial charge in [-0.15, -0.1) is 0 Å². The first-order chi connectivity index (χ1) is 9.35. The van der Waals surface area contributed by atoms with Crippen molar-refractivity contribution in [1.82, 2.24) is 5.32 Å². The van der Waals surface area contributed by atoms with E-state index in [1.807, 2.05) is 32.2 Å². The smallest absolute Gasteiger partial charge is 0.124 e. The Morgan fingerprint density at radius 1 is 1.00 bits per heavy atom. The summed E-state index contributed by atoms with van der Waals surface area (Å²) in [6.45, 7) is 2.71. The van der Waals surface area contributed by atoms with Gasteiger partial charge in [-0.2, -0.15) is 0 Å². The summed E-state index contributed by atoms with van der Waals surface area (Å²) >= 11 is 0. The first-order valence-electron chi connectivity index (χ1n) is 6.78. The second-order valence-electron chi connectivity index (χ2n) is 4.50. The minimum absolute atomic E-state index is 0.269. The van der Waals surface area contributed by atoms with E-state index in [1.165, 1.54) is 11.1 Å². The van der Waals surface area contributed by atoms with Crippen molar-refractivity contribution >= 4 is 0 Å². The van der Waals surface area contributed by atoms with Crippen LogP contribution in [0, 0.1) is 0 Å². The van der Waals surface area contributed by atoms with Gasteiger partial charge in [-0.25, -0.2) is 0 Å². The van der Waals surface area contributed by atoms with Crippen molar-refractivity contribution in [3.05, 3.63) is 65.7 Å². The first-order valence-corrected chi connectivity index (χ1v) is 6.78. The topological polar surface area (TPSA) is 21.3 Å². The first kappa shape index (κ1) is 13.6.